The van der Waals surface area contributed by atoms with Crippen LogP contribution in [0.2, 0.25) is 0 Å². The summed E-state index contributed by atoms with van der Waals surface area (Å²) in [5, 5.41) is 0. The molecule has 0 bridgehead atoms. The first kappa shape index (κ1) is 49.2. The van der Waals surface area contributed by atoms with Gasteiger partial charge in [-0.05, 0) is 64.2 Å². The Morgan fingerprint density at radius 2 is 1.02 bits per heavy atom. The molecule has 10 heteroatoms. The van der Waals surface area contributed by atoms with Gasteiger partial charge in [0.1, 0.15) is 6.61 Å². The summed E-state index contributed by atoms with van der Waals surface area (Å²) >= 11 is 0. The number of allylic oxidation sites excluding steroid dienone is 6. The molecule has 3 N–H and O–H groups in total. The number of hydrogen-bond donors (Lipinski definition) is 2. The molecule has 0 amide bonds. The standard InChI is InChI=1S/C41H76NO8P/c1-3-5-7-9-11-13-15-17-19-21-23-25-27-29-31-33-40(43)47-37-39(38-49-51(45,46)48-36-35-42)50-41(44)34-32-30-28-26-24-22-20-18-16-14-12-10-8-6-4-2/h13,15,17,19,22,24,39H,3-12,14,16,18,20-21,23,25-38,42H2,1-2H3,(H,45,46)/b15-13+,19-17+,24-22+/t39-/m1/s1. The van der Waals surface area contributed by atoms with Gasteiger partial charge in [-0.1, -0.05) is 140 Å². The van der Waals surface area contributed by atoms with E-state index in [4.69, 9.17) is 24.3 Å². The molecule has 0 aromatic heterocycles. The zero-order valence-corrected chi connectivity index (χ0v) is 33.5. The van der Waals surface area contributed by atoms with E-state index < -0.39 is 32.5 Å². The maximum Gasteiger partial charge on any atom is 0.472 e. The first-order valence-corrected chi connectivity index (χ1v) is 22.0. The van der Waals surface area contributed by atoms with E-state index in [0.29, 0.717) is 12.8 Å². The Morgan fingerprint density at radius 1 is 0.588 bits per heavy atom. The third-order valence-corrected chi connectivity index (χ3v) is 9.51. The van der Waals surface area contributed by atoms with E-state index in [1.54, 1.807) is 0 Å². The highest BCUT2D eigenvalue weighted by molar-refractivity contribution is 7.47. The third kappa shape index (κ3) is 37.8. The minimum Gasteiger partial charge on any atom is -0.462 e. The van der Waals surface area contributed by atoms with E-state index in [2.05, 4.69) is 50.3 Å². The molecule has 0 radical (unpaired) electrons. The zero-order chi connectivity index (χ0) is 37.5. The van der Waals surface area contributed by atoms with Crippen LogP contribution in [0, 0.1) is 0 Å². The van der Waals surface area contributed by atoms with Crippen LogP contribution in [0.4, 0.5) is 0 Å². The molecule has 0 aliphatic carbocycles. The molecule has 51 heavy (non-hydrogen) atoms. The smallest absolute Gasteiger partial charge is 0.462 e. The Bertz CT molecular complexity index is 939. The van der Waals surface area contributed by atoms with Crippen molar-refractivity contribution in [3.63, 3.8) is 0 Å². The van der Waals surface area contributed by atoms with E-state index in [-0.39, 0.29) is 32.6 Å². The topological polar surface area (TPSA) is 134 Å². The summed E-state index contributed by atoms with van der Waals surface area (Å²) in [4.78, 5) is 34.8. The normalized spacial score (nSPS) is 13.7. The molecule has 0 fully saturated rings. The van der Waals surface area contributed by atoms with Gasteiger partial charge in [-0.15, -0.1) is 0 Å². The van der Waals surface area contributed by atoms with E-state index in [1.165, 1.54) is 77.0 Å². The molecule has 0 saturated heterocycles. The third-order valence-electron chi connectivity index (χ3n) is 8.53. The predicted octanol–water partition coefficient (Wildman–Crippen LogP) is 11.4. The van der Waals surface area contributed by atoms with Crippen molar-refractivity contribution in [2.24, 2.45) is 5.73 Å². The molecule has 0 aromatic rings. The number of phosphoric ester groups is 1. The van der Waals surface area contributed by atoms with Crippen LogP contribution < -0.4 is 5.73 Å². The molecule has 2 atom stereocenters. The van der Waals surface area contributed by atoms with Crippen LogP contribution in [0.15, 0.2) is 36.5 Å². The number of hydrogen-bond acceptors (Lipinski definition) is 8. The highest BCUT2D eigenvalue weighted by Crippen LogP contribution is 2.43. The van der Waals surface area contributed by atoms with Gasteiger partial charge in [0.2, 0.25) is 0 Å². The van der Waals surface area contributed by atoms with Gasteiger partial charge >= 0.3 is 19.8 Å². The molecule has 298 valence electrons. The summed E-state index contributed by atoms with van der Waals surface area (Å²) in [7, 11) is -4.38. The average molecular weight is 742 g/mol. The SMILES string of the molecule is CCCCCC/C=C/C=C/CCCCCCCC(=O)OC[C@H](COP(=O)(O)OCCN)OC(=O)CCCCC/C=C/CCCCCCCCCC. The van der Waals surface area contributed by atoms with E-state index in [1.807, 2.05) is 0 Å². The Kier molecular flexibility index (Phi) is 36.7. The Morgan fingerprint density at radius 3 is 1.55 bits per heavy atom. The summed E-state index contributed by atoms with van der Waals surface area (Å²) in [5.41, 5.74) is 5.34. The fourth-order valence-corrected chi connectivity index (χ4v) is 6.21. The maximum atomic E-state index is 12.5. The Labute approximate surface area is 312 Å². The molecule has 9 nitrogen and oxygen atoms in total. The minimum atomic E-state index is -4.38. The molecular weight excluding hydrogens is 665 g/mol. The van der Waals surface area contributed by atoms with Crippen LogP contribution in [-0.2, 0) is 32.7 Å². The Hall–Kier alpha value is -1.77. The van der Waals surface area contributed by atoms with Crippen molar-refractivity contribution in [3.8, 4) is 0 Å². The molecule has 0 aliphatic heterocycles. The number of carbonyl (C=O) groups is 2. The molecule has 1 unspecified atom stereocenters. The van der Waals surface area contributed by atoms with E-state index in [0.717, 1.165) is 64.2 Å². The van der Waals surface area contributed by atoms with Crippen molar-refractivity contribution in [2.75, 3.05) is 26.4 Å². The second-order valence-electron chi connectivity index (χ2n) is 13.5. The lowest BCUT2D eigenvalue weighted by Gasteiger charge is -2.19. The number of unbranched alkanes of at least 4 members (excludes halogenated alkanes) is 20. The summed E-state index contributed by atoms with van der Waals surface area (Å²) in [5.74, 6) is -0.865. The van der Waals surface area contributed by atoms with Crippen LogP contribution in [0.5, 0.6) is 0 Å². The van der Waals surface area contributed by atoms with Gasteiger partial charge in [0.25, 0.3) is 0 Å². The lowest BCUT2D eigenvalue weighted by Crippen LogP contribution is -2.29. The minimum absolute atomic E-state index is 0.0485. The van der Waals surface area contributed by atoms with E-state index in [9.17, 15) is 19.0 Å². The number of rotatable bonds is 38. The molecule has 0 aromatic carbocycles. The van der Waals surface area contributed by atoms with Crippen molar-refractivity contribution < 1.29 is 37.6 Å². The first-order valence-electron chi connectivity index (χ1n) is 20.5. The summed E-state index contributed by atoms with van der Waals surface area (Å²) in [6, 6.07) is 0. The van der Waals surface area contributed by atoms with Crippen molar-refractivity contribution in [2.45, 2.75) is 187 Å². The van der Waals surface area contributed by atoms with Crippen molar-refractivity contribution >= 4 is 19.8 Å². The van der Waals surface area contributed by atoms with Gasteiger partial charge in [0, 0.05) is 19.4 Å². The molecule has 0 saturated carbocycles. The fourth-order valence-electron chi connectivity index (χ4n) is 5.44. The number of nitrogens with two attached hydrogens (primary N) is 1. The van der Waals surface area contributed by atoms with Crippen LogP contribution in [0.1, 0.15) is 181 Å². The van der Waals surface area contributed by atoms with Crippen molar-refractivity contribution in [1.29, 1.82) is 0 Å². The summed E-state index contributed by atoms with van der Waals surface area (Å²) in [6.45, 7) is 3.67. The zero-order valence-electron chi connectivity index (χ0n) is 32.6. The maximum absolute atomic E-state index is 12.5. The second kappa shape index (κ2) is 38.0. The predicted molar refractivity (Wildman–Crippen MR) is 210 cm³/mol. The molecule has 0 rings (SSSR count). The molecule has 0 spiro atoms. The van der Waals surface area contributed by atoms with Crippen molar-refractivity contribution in [3.05, 3.63) is 36.5 Å². The second-order valence-corrected chi connectivity index (χ2v) is 15.0. The monoisotopic (exact) mass is 742 g/mol. The number of phosphoric acid groups is 1. The fraction of sp³-hybridized carbons (Fsp3) is 0.805. The molecule has 0 heterocycles. The van der Waals surface area contributed by atoms with Crippen LogP contribution >= 0.6 is 7.82 Å². The molecule has 0 aliphatic rings. The number of carbonyl (C=O) groups excluding carboxylic acids is 2. The first-order chi connectivity index (χ1) is 24.8. The van der Waals surface area contributed by atoms with Gasteiger partial charge < -0.3 is 20.1 Å². The lowest BCUT2D eigenvalue weighted by molar-refractivity contribution is -0.161. The largest absolute Gasteiger partial charge is 0.472 e. The van der Waals surface area contributed by atoms with Gasteiger partial charge in [0.15, 0.2) is 6.10 Å². The van der Waals surface area contributed by atoms with Gasteiger partial charge in [-0.2, -0.15) is 0 Å². The van der Waals surface area contributed by atoms with Crippen LogP contribution in [-0.4, -0.2) is 49.3 Å². The quantitative estimate of drug-likeness (QED) is 0.0208. The highest BCUT2D eigenvalue weighted by Gasteiger charge is 2.25. The lowest BCUT2D eigenvalue weighted by atomic mass is 10.1. The Balaban J connectivity index is 4.24. The van der Waals surface area contributed by atoms with Gasteiger partial charge in [-0.25, -0.2) is 4.57 Å². The molecular formula is C41H76NO8P. The van der Waals surface area contributed by atoms with Crippen LogP contribution in [0.25, 0.3) is 0 Å². The van der Waals surface area contributed by atoms with Gasteiger partial charge in [-0.3, -0.25) is 18.6 Å². The average Bonchev–Trinajstić information content (AvgIpc) is 3.11. The number of ether oxygens (including phenoxy) is 2. The summed E-state index contributed by atoms with van der Waals surface area (Å²) < 4.78 is 32.7. The number of esters is 2. The van der Waals surface area contributed by atoms with Gasteiger partial charge in [0.05, 0.1) is 13.2 Å². The van der Waals surface area contributed by atoms with Crippen LogP contribution in [0.3, 0.4) is 0 Å². The van der Waals surface area contributed by atoms with E-state index >= 15 is 0 Å². The summed E-state index contributed by atoms with van der Waals surface area (Å²) in [6.07, 6.45) is 40.3. The van der Waals surface area contributed by atoms with Crippen molar-refractivity contribution in [1.82, 2.24) is 0 Å². The highest BCUT2D eigenvalue weighted by atomic mass is 31.2.